The molecule has 6 bridgehead atoms. The topological polar surface area (TPSA) is 566 Å². The van der Waals surface area contributed by atoms with Gasteiger partial charge in [-0.15, -0.1) is 0 Å². The van der Waals surface area contributed by atoms with Crippen LogP contribution >= 0.6 is 27.0 Å². The predicted molar refractivity (Wildman–Crippen MR) is 377 cm³/mol. The first-order chi connectivity index (χ1) is 50.7. The summed E-state index contributed by atoms with van der Waals surface area (Å²) in [4.78, 5) is 167. The van der Waals surface area contributed by atoms with Crippen molar-refractivity contribution < 1.29 is 98.4 Å². The van der Waals surface area contributed by atoms with Crippen LogP contribution in [0.2, 0.25) is 0 Å². The van der Waals surface area contributed by atoms with Gasteiger partial charge in [-0.2, -0.15) is 9.97 Å². The highest BCUT2D eigenvalue weighted by atomic mass is 32.7. The summed E-state index contributed by atoms with van der Waals surface area (Å²) >= 11 is 22.3. The molecule has 0 saturated carbocycles. The summed E-state index contributed by atoms with van der Waals surface area (Å²) in [7, 11) is 0. The van der Waals surface area contributed by atoms with Crippen LogP contribution in [-0.2, 0) is 126 Å². The number of nitrogen functional groups attached to an aromatic ring is 2. The van der Waals surface area contributed by atoms with Crippen molar-refractivity contribution in [1.82, 2.24) is 57.7 Å². The van der Waals surface area contributed by atoms with Crippen LogP contribution in [0.1, 0.15) is 100 Å². The fourth-order valence-corrected chi connectivity index (χ4v) is 20.5. The zero-order valence-electron chi connectivity index (χ0n) is 57.8. The van der Waals surface area contributed by atoms with E-state index in [0.717, 1.165) is 30.8 Å². The molecule has 25 atom stereocenters. The molecule has 0 radical (unpaired) electrons. The zero-order valence-corrected chi connectivity index (χ0v) is 64.6. The SMILES string of the molecule is CC[C@H]1O[C@@H](n2cc(C)c(=O)[nH]c2=O)CC1OP(=O)([S-])OC[C@H]1O[C@@H](n2cc(C)c(=O)[nH]c2=O)CC1OP([O-])(=S)OC[C@]12O[C@@H](n3cnc4c(=O)[nH]c(N)nc43)[C@@H](O[C@H]1C)C2OP(O)(=S)OC[C@]12O[C@@H](n3cc(C)c(=O)[nH]c3=O)[C@@H](O[C@H]1C)C2OP([O-])(=S)OC[C@]12O[C@@H](n3cc(C)c(N)nc3=O)[C@@H](O[C@H]1C)C2O. The van der Waals surface area contributed by atoms with E-state index in [-0.39, 0.29) is 58.9 Å². The van der Waals surface area contributed by atoms with Crippen molar-refractivity contribution in [3.63, 3.8) is 0 Å². The number of aromatic amines is 4. The van der Waals surface area contributed by atoms with Gasteiger partial charge in [0, 0.05) is 59.9 Å². The van der Waals surface area contributed by atoms with Crippen molar-refractivity contribution in [1.29, 1.82) is 0 Å². The Bertz CT molecular complexity index is 5310. The highest BCUT2D eigenvalue weighted by molar-refractivity contribution is 8.32. The van der Waals surface area contributed by atoms with Crippen LogP contribution in [0, 0.1) is 27.7 Å². The summed E-state index contributed by atoms with van der Waals surface area (Å²) in [5, 5.41) is 11.7. The summed E-state index contributed by atoms with van der Waals surface area (Å²) in [6.45, 7) is -10.8. The van der Waals surface area contributed by atoms with Gasteiger partial charge >= 0.3 is 29.5 Å². The predicted octanol–water partition coefficient (Wildman–Crippen LogP) is -2.42. The number of rotatable bonds is 26. The molecule has 590 valence electrons. The van der Waals surface area contributed by atoms with Gasteiger partial charge in [0.25, 0.3) is 22.2 Å². The molecule has 8 saturated heterocycles. The Morgan fingerprint density at radius 2 is 1.06 bits per heavy atom. The van der Waals surface area contributed by atoms with Crippen molar-refractivity contribution in [2.75, 3.05) is 37.9 Å². The Kier molecular flexibility index (Phi) is 21.2. The number of H-pyrrole nitrogens is 4. The third kappa shape index (κ3) is 14.4. The molecule has 14 rings (SSSR count). The van der Waals surface area contributed by atoms with Crippen LogP contribution in [0.4, 0.5) is 11.8 Å². The van der Waals surface area contributed by atoms with E-state index in [1.807, 2.05) is 0 Å². The van der Waals surface area contributed by atoms with Crippen molar-refractivity contribution in [2.45, 2.75) is 202 Å². The molecule has 8 aliphatic heterocycles. The Morgan fingerprint density at radius 3 is 1.64 bits per heavy atom. The second-order valence-electron chi connectivity index (χ2n) is 27.2. The number of nitrogens with zero attached hydrogens (tertiary/aromatic N) is 8. The van der Waals surface area contributed by atoms with E-state index in [0.29, 0.717) is 5.56 Å². The van der Waals surface area contributed by atoms with Crippen LogP contribution in [0.15, 0.2) is 69.5 Å². The number of aromatic nitrogens is 12. The molecular formula is C57H71N14O29P4S4-3. The Morgan fingerprint density at radius 1 is 0.593 bits per heavy atom. The van der Waals surface area contributed by atoms with E-state index in [9.17, 15) is 57.8 Å². The molecular weight excluding hydrogens is 1600 g/mol. The molecule has 6 aromatic rings. The van der Waals surface area contributed by atoms with Crippen molar-refractivity contribution in [3.8, 4) is 0 Å². The van der Waals surface area contributed by atoms with E-state index < -0.39 is 226 Å². The number of fused-ring (bicyclic) bond motifs is 7. The summed E-state index contributed by atoms with van der Waals surface area (Å²) in [5.74, 6) is -0.390. The lowest BCUT2D eigenvalue weighted by Gasteiger charge is -2.41. The second-order valence-corrected chi connectivity index (χ2v) is 38.1. The van der Waals surface area contributed by atoms with E-state index in [1.54, 1.807) is 13.8 Å². The van der Waals surface area contributed by atoms with E-state index in [1.165, 1.54) is 64.7 Å². The Hall–Kier alpha value is -5.40. The van der Waals surface area contributed by atoms with Gasteiger partial charge in [-0.1, -0.05) is 30.5 Å². The van der Waals surface area contributed by atoms with Crippen LogP contribution in [0.3, 0.4) is 0 Å². The van der Waals surface area contributed by atoms with Gasteiger partial charge in [0.05, 0.1) is 69.4 Å². The van der Waals surface area contributed by atoms with Gasteiger partial charge in [-0.25, -0.2) is 24.2 Å². The maximum Gasteiger partial charge on any atom is 0.351 e. The molecule has 0 aliphatic carbocycles. The minimum Gasteiger partial charge on any atom is -0.780 e. The highest BCUT2D eigenvalue weighted by Gasteiger charge is 2.71. The van der Waals surface area contributed by atoms with Gasteiger partial charge in [0.2, 0.25) is 5.95 Å². The first-order valence-corrected chi connectivity index (χ1v) is 43.5. The number of aliphatic hydroxyl groups is 1. The summed E-state index contributed by atoms with van der Waals surface area (Å²) in [5.41, 5.74) is -0.232. The fourth-order valence-electron chi connectivity index (χ4n) is 14.7. The molecule has 0 aromatic carbocycles. The molecule has 0 amide bonds. The van der Waals surface area contributed by atoms with Gasteiger partial charge < -0.3 is 113 Å². The number of nitrogens with one attached hydrogen (secondary N) is 4. The van der Waals surface area contributed by atoms with E-state index in [2.05, 4.69) is 34.9 Å². The van der Waals surface area contributed by atoms with Crippen molar-refractivity contribution in [2.24, 2.45) is 0 Å². The second kappa shape index (κ2) is 28.9. The Balaban J connectivity index is 0.727. The molecule has 9 unspecified atom stereocenters. The minimum absolute atomic E-state index is 0.0336. The number of hydrogen-bond acceptors (Lipinski definition) is 37. The number of imidazole rings is 1. The maximum atomic E-state index is 15.0. The first kappa shape index (κ1) is 79.3. The fraction of sp³-hybridized carbons (Fsp3) is 0.632. The third-order valence-electron chi connectivity index (χ3n) is 20.4. The number of nitrogens with two attached hydrogens (primary N) is 2. The van der Waals surface area contributed by atoms with Crippen LogP contribution in [0.25, 0.3) is 11.2 Å². The van der Waals surface area contributed by atoms with E-state index in [4.69, 9.17) is 133 Å². The third-order valence-corrected chi connectivity index (χ3v) is 26.6. The molecule has 14 heterocycles. The number of hydrogen-bond donors (Lipinski definition) is 8. The summed E-state index contributed by atoms with van der Waals surface area (Å²) < 4.78 is 119. The molecule has 8 aliphatic rings. The lowest BCUT2D eigenvalue weighted by molar-refractivity contribution is -0.240. The largest absolute Gasteiger partial charge is 0.780 e. The smallest absolute Gasteiger partial charge is 0.351 e. The average Bonchev–Trinajstić information content (AvgIpc) is 1.56. The highest BCUT2D eigenvalue weighted by Crippen LogP contribution is 2.62. The van der Waals surface area contributed by atoms with Gasteiger partial charge in [0.15, 0.2) is 36.6 Å². The lowest BCUT2D eigenvalue weighted by Crippen LogP contribution is -2.52. The van der Waals surface area contributed by atoms with Gasteiger partial charge in [-0.05, 0) is 66.7 Å². The van der Waals surface area contributed by atoms with Crippen LogP contribution < -0.4 is 66.3 Å². The number of anilines is 2. The standard InChI is InChI=1S/C57H74N14O29P4S4/c1-9-28-29(10-32(92-28)67-13-22(3)43(73)64-52(67)78)97-101(81,105)85-16-31-30(11-33(93-31)68-14-23(4)44(74)65-53(68)79)98-102(82,106)87-18-57-27(8)91-37(49(96-57)71-20-60-34-42(71)62-50(59)63-46(34)76)40(57)100-104(84,108)88-19-56-26(7)90-36(48(95-56)70-15-24(5)45(75)66-54(70)80)39(56)99-103(83,107)86-17-55-25(6)89-35(38(55)72)47(94-55)69-12-21(2)41(58)61-51(69)77/h12-15,20,25-33,35-40,47-49,72H,9-11,16-19H2,1-8H3,(H,81,105)(H,82,106)(H,83,107)(H,84,108)(H2,58,61,77)(H,64,73,78)(H,65,74,79)(H,66,75,80)(H3,59,62,63,76)/p-3/t25-,26-,27-,28+,29?,30?,31+,32+,33+,35-,36-,37-,38?,39?,40?,47+,48+,49+,55-,56-,57-,101?,102?,103?,104?/m0/s1. The number of ether oxygens (including phenoxy) is 8. The minimum atomic E-state index is -5.01. The van der Waals surface area contributed by atoms with E-state index >= 15 is 4.89 Å². The molecule has 43 nitrogen and oxygen atoms in total. The summed E-state index contributed by atoms with van der Waals surface area (Å²) in [6.07, 6.45) is -17.9. The lowest BCUT2D eigenvalue weighted by atomic mass is 9.94. The molecule has 8 fully saturated rings. The van der Waals surface area contributed by atoms with Gasteiger partial charge in [0.1, 0.15) is 91.2 Å². The molecule has 10 N–H and O–H groups in total. The zero-order chi connectivity index (χ0) is 77.8. The van der Waals surface area contributed by atoms with Crippen molar-refractivity contribution >= 4 is 97.6 Å². The van der Waals surface area contributed by atoms with Crippen molar-refractivity contribution in [3.05, 3.63) is 137 Å². The molecule has 0 spiro atoms. The normalized spacial score (nSPS) is 35.6. The van der Waals surface area contributed by atoms with Gasteiger partial charge in [-0.3, -0.25) is 71.0 Å². The number of aliphatic hydroxyl groups excluding tert-OH is 1. The average molecular weight is 1670 g/mol. The van der Waals surface area contributed by atoms with Crippen LogP contribution in [-0.4, -0.2) is 190 Å². The number of aryl methyl sites for hydroxylation is 4. The Labute approximate surface area is 627 Å². The maximum absolute atomic E-state index is 15.0. The first-order valence-electron chi connectivity index (χ1n) is 33.3. The molecule has 51 heteroatoms. The quantitative estimate of drug-likeness (QED) is 0.0207. The summed E-state index contributed by atoms with van der Waals surface area (Å²) in [6, 6.07) is 0. The monoisotopic (exact) mass is 1670 g/mol. The molecule has 108 heavy (non-hydrogen) atoms. The molecule has 6 aromatic heterocycles. The van der Waals surface area contributed by atoms with Crippen LogP contribution in [0.5, 0.6) is 0 Å².